The van der Waals surface area contributed by atoms with Gasteiger partial charge in [-0.2, -0.15) is 0 Å². The van der Waals surface area contributed by atoms with E-state index in [2.05, 4.69) is 9.97 Å². The fraction of sp³-hybridized carbons (Fsp3) is 0.250. The van der Waals surface area contributed by atoms with E-state index < -0.39 is 0 Å². The van der Waals surface area contributed by atoms with Crippen molar-refractivity contribution in [1.82, 2.24) is 9.97 Å². The highest BCUT2D eigenvalue weighted by Crippen LogP contribution is 2.18. The van der Waals surface area contributed by atoms with Crippen molar-refractivity contribution in [2.24, 2.45) is 0 Å². The maximum Gasteiger partial charge on any atom is 0.155 e. The minimum atomic E-state index is 0.306. The molecule has 2 N–H and O–H groups in total. The lowest BCUT2D eigenvalue weighted by atomic mass is 10.3. The first-order chi connectivity index (χ1) is 5.75. The van der Waals surface area contributed by atoms with Crippen LogP contribution in [0.1, 0.15) is 19.0 Å². The second kappa shape index (κ2) is 4.07. The summed E-state index contributed by atoms with van der Waals surface area (Å²) in [6.07, 6.45) is 6.15. The topological polar surface area (TPSA) is 51.8 Å². The maximum atomic E-state index is 5.68. The number of nitrogen functional groups attached to an aromatic ring is 1. The highest BCUT2D eigenvalue weighted by molar-refractivity contribution is 6.32. The predicted octanol–water partition coefficient (Wildman–Crippen LogP) is 2.14. The molecular weight excluding hydrogens is 174 g/mol. The van der Waals surface area contributed by atoms with E-state index in [1.165, 1.54) is 6.33 Å². The van der Waals surface area contributed by atoms with Crippen LogP contribution in [0.25, 0.3) is 6.08 Å². The SMILES string of the molecule is CC/C=C/c1ncnc(Cl)c1N. The Labute approximate surface area is 76.3 Å². The van der Waals surface area contributed by atoms with Gasteiger partial charge in [-0.05, 0) is 12.5 Å². The molecule has 1 heterocycles. The van der Waals surface area contributed by atoms with Crippen LogP contribution < -0.4 is 5.73 Å². The molecule has 1 aromatic rings. The third-order valence-corrected chi connectivity index (χ3v) is 1.68. The molecule has 0 amide bonds. The predicted molar refractivity (Wildman–Crippen MR) is 50.8 cm³/mol. The van der Waals surface area contributed by atoms with Crippen molar-refractivity contribution in [2.75, 3.05) is 5.73 Å². The molecule has 12 heavy (non-hydrogen) atoms. The second-order valence-corrected chi connectivity index (χ2v) is 2.63. The molecule has 0 bridgehead atoms. The van der Waals surface area contributed by atoms with Crippen LogP contribution in [-0.4, -0.2) is 9.97 Å². The number of halogens is 1. The zero-order chi connectivity index (χ0) is 8.97. The summed E-state index contributed by atoms with van der Waals surface area (Å²) in [6, 6.07) is 0. The van der Waals surface area contributed by atoms with E-state index in [1.807, 2.05) is 19.1 Å². The molecule has 0 spiro atoms. The number of hydrogen-bond donors (Lipinski definition) is 1. The van der Waals surface area contributed by atoms with Crippen LogP contribution in [0.5, 0.6) is 0 Å². The molecule has 0 saturated carbocycles. The van der Waals surface area contributed by atoms with Crippen LogP contribution in [0.15, 0.2) is 12.4 Å². The van der Waals surface area contributed by atoms with Crippen LogP contribution in [-0.2, 0) is 0 Å². The summed E-state index contributed by atoms with van der Waals surface area (Å²) >= 11 is 5.68. The molecule has 1 aromatic heterocycles. The van der Waals surface area contributed by atoms with Gasteiger partial charge in [0.2, 0.25) is 0 Å². The molecule has 0 atom stereocenters. The summed E-state index contributed by atoms with van der Waals surface area (Å²) in [5.74, 6) is 0. The third-order valence-electron chi connectivity index (χ3n) is 1.38. The largest absolute Gasteiger partial charge is 0.394 e. The minimum Gasteiger partial charge on any atom is -0.394 e. The Hall–Kier alpha value is -1.09. The molecule has 0 unspecified atom stereocenters. The molecule has 0 radical (unpaired) electrons. The van der Waals surface area contributed by atoms with Crippen molar-refractivity contribution in [2.45, 2.75) is 13.3 Å². The van der Waals surface area contributed by atoms with Crippen LogP contribution in [0.3, 0.4) is 0 Å². The smallest absolute Gasteiger partial charge is 0.155 e. The molecule has 4 heteroatoms. The average Bonchev–Trinajstić information content (AvgIpc) is 2.08. The molecule has 0 aliphatic heterocycles. The maximum absolute atomic E-state index is 5.68. The highest BCUT2D eigenvalue weighted by Gasteiger charge is 2.00. The van der Waals surface area contributed by atoms with Gasteiger partial charge < -0.3 is 5.73 Å². The van der Waals surface area contributed by atoms with Gasteiger partial charge >= 0.3 is 0 Å². The van der Waals surface area contributed by atoms with E-state index in [0.29, 0.717) is 16.5 Å². The van der Waals surface area contributed by atoms with E-state index in [-0.39, 0.29) is 0 Å². The number of anilines is 1. The Balaban J connectivity index is 3.00. The lowest BCUT2D eigenvalue weighted by Crippen LogP contribution is -1.95. The molecule has 3 nitrogen and oxygen atoms in total. The van der Waals surface area contributed by atoms with Gasteiger partial charge in [0.05, 0.1) is 11.4 Å². The number of hydrogen-bond acceptors (Lipinski definition) is 3. The Kier molecular flexibility index (Phi) is 3.05. The quantitative estimate of drug-likeness (QED) is 0.715. The first-order valence-corrected chi connectivity index (χ1v) is 4.06. The van der Waals surface area contributed by atoms with Crippen LogP contribution in [0.2, 0.25) is 5.15 Å². The Bertz CT molecular complexity index is 296. The third kappa shape index (κ3) is 1.95. The van der Waals surface area contributed by atoms with Crippen molar-refractivity contribution in [3.63, 3.8) is 0 Å². The van der Waals surface area contributed by atoms with Crippen LogP contribution >= 0.6 is 11.6 Å². The van der Waals surface area contributed by atoms with Crippen molar-refractivity contribution >= 4 is 23.4 Å². The monoisotopic (exact) mass is 183 g/mol. The summed E-state index contributed by atoms with van der Waals surface area (Å²) in [6.45, 7) is 2.04. The number of aromatic nitrogens is 2. The van der Waals surface area contributed by atoms with Crippen LogP contribution in [0, 0.1) is 0 Å². The van der Waals surface area contributed by atoms with E-state index in [9.17, 15) is 0 Å². The van der Waals surface area contributed by atoms with E-state index in [4.69, 9.17) is 17.3 Å². The fourth-order valence-corrected chi connectivity index (χ4v) is 0.889. The number of nitrogens with zero attached hydrogens (tertiary/aromatic N) is 2. The molecule has 0 fully saturated rings. The van der Waals surface area contributed by atoms with Gasteiger partial charge in [-0.3, -0.25) is 0 Å². The summed E-state index contributed by atoms with van der Waals surface area (Å²) in [7, 11) is 0. The number of nitrogens with two attached hydrogens (primary N) is 1. The number of allylic oxidation sites excluding steroid dienone is 1. The first kappa shape index (κ1) is 9.00. The molecule has 0 saturated heterocycles. The Morgan fingerprint density at radius 1 is 1.58 bits per heavy atom. The van der Waals surface area contributed by atoms with Crippen molar-refractivity contribution in [3.8, 4) is 0 Å². The molecule has 64 valence electrons. The molecular formula is C8H10ClN3. The first-order valence-electron chi connectivity index (χ1n) is 3.68. The normalized spacial score (nSPS) is 10.8. The van der Waals surface area contributed by atoms with E-state index in [0.717, 1.165) is 6.42 Å². The van der Waals surface area contributed by atoms with Gasteiger partial charge in [-0.1, -0.05) is 24.6 Å². The highest BCUT2D eigenvalue weighted by atomic mass is 35.5. The molecule has 0 aromatic carbocycles. The van der Waals surface area contributed by atoms with Crippen LogP contribution in [0.4, 0.5) is 5.69 Å². The van der Waals surface area contributed by atoms with Gasteiger partial charge in [0.15, 0.2) is 5.15 Å². The fourth-order valence-electron chi connectivity index (χ4n) is 0.749. The van der Waals surface area contributed by atoms with Gasteiger partial charge in [-0.15, -0.1) is 0 Å². The zero-order valence-electron chi connectivity index (χ0n) is 6.79. The second-order valence-electron chi connectivity index (χ2n) is 2.27. The Morgan fingerprint density at radius 2 is 2.33 bits per heavy atom. The van der Waals surface area contributed by atoms with E-state index >= 15 is 0 Å². The van der Waals surface area contributed by atoms with Gasteiger partial charge in [0.25, 0.3) is 0 Å². The van der Waals surface area contributed by atoms with Crippen molar-refractivity contribution < 1.29 is 0 Å². The molecule has 0 aliphatic rings. The molecule has 0 aliphatic carbocycles. The lowest BCUT2D eigenvalue weighted by molar-refractivity contribution is 1.15. The number of rotatable bonds is 2. The summed E-state index contributed by atoms with van der Waals surface area (Å²) in [5, 5.41) is 0.306. The summed E-state index contributed by atoms with van der Waals surface area (Å²) < 4.78 is 0. The molecule has 1 rings (SSSR count). The van der Waals surface area contributed by atoms with Crippen molar-refractivity contribution in [1.29, 1.82) is 0 Å². The Morgan fingerprint density at radius 3 is 3.00 bits per heavy atom. The lowest BCUT2D eigenvalue weighted by Gasteiger charge is -1.98. The average molecular weight is 184 g/mol. The van der Waals surface area contributed by atoms with Crippen molar-refractivity contribution in [3.05, 3.63) is 23.3 Å². The standard InChI is InChI=1S/C8H10ClN3/c1-2-3-4-6-7(10)8(9)12-5-11-6/h3-5H,2,10H2,1H3/b4-3+. The van der Waals surface area contributed by atoms with Gasteiger partial charge in [0, 0.05) is 0 Å². The summed E-state index contributed by atoms with van der Waals surface area (Å²) in [4.78, 5) is 7.71. The van der Waals surface area contributed by atoms with Gasteiger partial charge in [0.1, 0.15) is 6.33 Å². The zero-order valence-corrected chi connectivity index (χ0v) is 7.54. The summed E-state index contributed by atoms with van der Waals surface area (Å²) in [5.41, 5.74) is 6.73. The van der Waals surface area contributed by atoms with Gasteiger partial charge in [-0.25, -0.2) is 9.97 Å². The minimum absolute atomic E-state index is 0.306. The van der Waals surface area contributed by atoms with E-state index in [1.54, 1.807) is 0 Å².